The summed E-state index contributed by atoms with van der Waals surface area (Å²) in [4.78, 5) is 24.5. The zero-order chi connectivity index (χ0) is 24.3. The van der Waals surface area contributed by atoms with E-state index in [9.17, 15) is 14.3 Å². The van der Waals surface area contributed by atoms with Crippen molar-refractivity contribution in [3.63, 3.8) is 0 Å². The van der Waals surface area contributed by atoms with Crippen molar-refractivity contribution >= 4 is 41.3 Å². The lowest BCUT2D eigenvalue weighted by atomic mass is 10.0. The van der Waals surface area contributed by atoms with Crippen molar-refractivity contribution in [3.8, 4) is 10.4 Å². The first kappa shape index (κ1) is 24.0. The van der Waals surface area contributed by atoms with E-state index in [1.54, 1.807) is 55.5 Å². The highest BCUT2D eigenvalue weighted by molar-refractivity contribution is 7.66. The molecule has 1 heterocycles. The Morgan fingerprint density at radius 1 is 1.03 bits per heavy atom. The minimum atomic E-state index is -3.46. The molecule has 5 nitrogen and oxygen atoms in total. The highest BCUT2D eigenvalue weighted by Crippen LogP contribution is 2.45. The Morgan fingerprint density at radius 2 is 1.76 bits per heavy atom. The number of nitrogen functional groups attached to an aromatic ring is 1. The Balaban J connectivity index is 1.51. The number of anilines is 2. The summed E-state index contributed by atoms with van der Waals surface area (Å²) < 4.78 is 12.9. The number of carbonyl (C=O) groups is 1. The third kappa shape index (κ3) is 5.15. The van der Waals surface area contributed by atoms with Crippen molar-refractivity contribution in [2.45, 2.75) is 25.9 Å². The minimum absolute atomic E-state index is 0.248. The average Bonchev–Trinajstić information content (AvgIpc) is 3.36. The lowest BCUT2D eigenvalue weighted by Crippen LogP contribution is -2.17. The molecule has 0 fully saturated rings. The number of carbonyl (C=O) groups excluding carboxylic acids is 1. The van der Waals surface area contributed by atoms with Gasteiger partial charge in [-0.2, -0.15) is 0 Å². The molecule has 0 aliphatic heterocycles. The fourth-order valence-corrected chi connectivity index (χ4v) is 5.85. The Kier molecular flexibility index (Phi) is 7.03. The maximum absolute atomic E-state index is 12.9. The van der Waals surface area contributed by atoms with Crippen LogP contribution in [0.3, 0.4) is 0 Å². The van der Waals surface area contributed by atoms with E-state index < -0.39 is 7.37 Å². The Labute approximate surface area is 203 Å². The second-order valence-corrected chi connectivity index (χ2v) is 12.2. The van der Waals surface area contributed by atoms with Gasteiger partial charge in [-0.05, 0) is 64.9 Å². The summed E-state index contributed by atoms with van der Waals surface area (Å²) >= 11 is 1.63. The Hall–Kier alpha value is -3.18. The van der Waals surface area contributed by atoms with Crippen LogP contribution >= 0.6 is 18.7 Å². The summed E-state index contributed by atoms with van der Waals surface area (Å²) in [5, 5.41) is 5.41. The number of hydrogen-bond acceptors (Lipinski definition) is 4. The lowest BCUT2D eigenvalue weighted by molar-refractivity contribution is 0.102. The molecule has 0 aliphatic carbocycles. The van der Waals surface area contributed by atoms with Crippen LogP contribution in [0.1, 0.15) is 35.3 Å². The van der Waals surface area contributed by atoms with Crippen LogP contribution in [-0.2, 0) is 11.0 Å². The second kappa shape index (κ2) is 9.98. The van der Waals surface area contributed by atoms with E-state index >= 15 is 0 Å². The first-order valence-corrected chi connectivity index (χ1v) is 13.6. The maximum atomic E-state index is 12.9. The van der Waals surface area contributed by atoms with Crippen LogP contribution in [0.4, 0.5) is 11.4 Å². The van der Waals surface area contributed by atoms with Gasteiger partial charge in [0.2, 0.25) is 7.37 Å². The van der Waals surface area contributed by atoms with Crippen molar-refractivity contribution in [2.24, 2.45) is 0 Å². The van der Waals surface area contributed by atoms with Crippen LogP contribution in [0.25, 0.3) is 10.4 Å². The lowest BCUT2D eigenvalue weighted by Gasteiger charge is -2.19. The maximum Gasteiger partial charge on any atom is 0.255 e. The van der Waals surface area contributed by atoms with Crippen LogP contribution in [-0.4, -0.2) is 16.5 Å². The molecule has 7 heteroatoms. The molecule has 4 aromatic rings. The highest BCUT2D eigenvalue weighted by atomic mass is 32.1. The molecular weight excluding hydrogens is 463 g/mol. The van der Waals surface area contributed by atoms with Crippen LogP contribution < -0.4 is 16.4 Å². The van der Waals surface area contributed by atoms with Crippen molar-refractivity contribution in [1.29, 1.82) is 0 Å². The average molecular weight is 491 g/mol. The fourth-order valence-electron chi connectivity index (χ4n) is 3.70. The number of hydrogen-bond donors (Lipinski definition) is 3. The van der Waals surface area contributed by atoms with Gasteiger partial charge in [0.1, 0.15) is 0 Å². The van der Waals surface area contributed by atoms with Gasteiger partial charge in [0.25, 0.3) is 5.91 Å². The molecule has 1 atom stereocenters. The zero-order valence-corrected chi connectivity index (χ0v) is 20.8. The first-order chi connectivity index (χ1) is 16.3. The number of amides is 1. The van der Waals surface area contributed by atoms with E-state index in [1.807, 2.05) is 53.9 Å². The summed E-state index contributed by atoms with van der Waals surface area (Å²) in [6.07, 6.45) is 0.505. The normalized spacial score (nSPS) is 12.9. The summed E-state index contributed by atoms with van der Waals surface area (Å²) in [6.45, 7) is 3.52. The number of thiophene rings is 1. The molecule has 4 N–H and O–H groups in total. The minimum Gasteiger partial charge on any atom is -0.397 e. The number of nitrogens with one attached hydrogen (secondary N) is 1. The van der Waals surface area contributed by atoms with Crippen LogP contribution in [0.15, 0.2) is 84.2 Å². The molecule has 0 saturated heterocycles. The van der Waals surface area contributed by atoms with Crippen LogP contribution in [0, 0.1) is 0 Å². The van der Waals surface area contributed by atoms with Gasteiger partial charge < -0.3 is 15.9 Å². The predicted octanol–water partition coefficient (Wildman–Crippen LogP) is 6.14. The van der Waals surface area contributed by atoms with Gasteiger partial charge in [-0.3, -0.25) is 9.36 Å². The monoisotopic (exact) mass is 490 g/mol. The highest BCUT2D eigenvalue weighted by Gasteiger charge is 2.28. The molecular formula is C27H27N2O3PS. The van der Waals surface area contributed by atoms with Gasteiger partial charge in [0.15, 0.2) is 0 Å². The molecule has 1 aromatic heterocycles. The third-order valence-electron chi connectivity index (χ3n) is 5.75. The Bertz CT molecular complexity index is 1350. The van der Waals surface area contributed by atoms with Gasteiger partial charge >= 0.3 is 0 Å². The first-order valence-electron chi connectivity index (χ1n) is 11.0. The molecule has 3 aromatic carbocycles. The number of benzene rings is 3. The predicted molar refractivity (Wildman–Crippen MR) is 142 cm³/mol. The van der Waals surface area contributed by atoms with Gasteiger partial charge in [-0.1, -0.05) is 56.3 Å². The molecule has 0 spiro atoms. The number of nitrogens with two attached hydrogens (primary N) is 1. The van der Waals surface area contributed by atoms with Crippen LogP contribution in [0.5, 0.6) is 0 Å². The van der Waals surface area contributed by atoms with Crippen molar-refractivity contribution in [3.05, 3.63) is 101 Å². The van der Waals surface area contributed by atoms with Gasteiger partial charge in [-0.15, -0.1) is 11.3 Å². The topological polar surface area (TPSA) is 92.4 Å². The second-order valence-electron chi connectivity index (χ2n) is 8.45. The van der Waals surface area contributed by atoms with Gasteiger partial charge in [0, 0.05) is 21.4 Å². The van der Waals surface area contributed by atoms with E-state index in [2.05, 4.69) is 5.32 Å². The van der Waals surface area contributed by atoms with E-state index in [1.165, 1.54) is 0 Å². The van der Waals surface area contributed by atoms with Crippen molar-refractivity contribution < 1.29 is 14.3 Å². The molecule has 0 radical (unpaired) electrons. The molecule has 1 unspecified atom stereocenters. The number of rotatable bonds is 7. The molecule has 0 bridgehead atoms. The molecule has 0 aliphatic rings. The van der Waals surface area contributed by atoms with Crippen LogP contribution in [0.2, 0.25) is 0 Å². The largest absolute Gasteiger partial charge is 0.397 e. The van der Waals surface area contributed by atoms with E-state index in [-0.39, 0.29) is 11.6 Å². The third-order valence-corrected chi connectivity index (χ3v) is 9.20. The standard InChI is InChI=1S/C27H27N2O3PS/c1-18(2)33(31,32)25-7-4-3-6-21(25)16-19-9-11-20(12-10-19)27(30)29-24-17-22(13-14-23(24)28)26-8-5-15-34-26/h3-15,17-18H,16,28H2,1-2H3,(H,29,30)(H,31,32). The molecule has 174 valence electrons. The fraction of sp³-hybridized carbons (Fsp3) is 0.148. The summed E-state index contributed by atoms with van der Waals surface area (Å²) in [7, 11) is -3.46. The van der Waals surface area contributed by atoms with E-state index in [4.69, 9.17) is 5.73 Å². The summed E-state index contributed by atoms with van der Waals surface area (Å²) in [5.74, 6) is -0.248. The Morgan fingerprint density at radius 3 is 2.44 bits per heavy atom. The summed E-state index contributed by atoms with van der Waals surface area (Å²) in [6, 6.07) is 24.1. The molecule has 0 saturated carbocycles. The molecule has 34 heavy (non-hydrogen) atoms. The van der Waals surface area contributed by atoms with E-state index in [0.29, 0.717) is 28.7 Å². The van der Waals surface area contributed by atoms with Gasteiger partial charge in [-0.25, -0.2) is 0 Å². The van der Waals surface area contributed by atoms with Gasteiger partial charge in [0.05, 0.1) is 11.4 Å². The molecule has 4 rings (SSSR count). The SMILES string of the molecule is CC(C)P(=O)(O)c1ccccc1Cc1ccc(C(=O)Nc2cc(-c3cccs3)ccc2N)cc1. The summed E-state index contributed by atoms with van der Waals surface area (Å²) in [5.41, 5.74) is 10.1. The van der Waals surface area contributed by atoms with Crippen molar-refractivity contribution in [1.82, 2.24) is 0 Å². The zero-order valence-electron chi connectivity index (χ0n) is 19.1. The smallest absolute Gasteiger partial charge is 0.255 e. The molecule has 1 amide bonds. The van der Waals surface area contributed by atoms with Crippen molar-refractivity contribution in [2.75, 3.05) is 11.1 Å². The quantitative estimate of drug-likeness (QED) is 0.214. The van der Waals surface area contributed by atoms with E-state index in [0.717, 1.165) is 21.6 Å².